The van der Waals surface area contributed by atoms with Gasteiger partial charge in [0.25, 0.3) is 0 Å². The molecule has 4 aromatic rings. The van der Waals surface area contributed by atoms with Crippen molar-refractivity contribution in [3.63, 3.8) is 0 Å². The van der Waals surface area contributed by atoms with E-state index in [4.69, 9.17) is 0 Å². The molecule has 4 aromatic heterocycles. The SMILES string of the molecule is CC(C)C(Cn1nc(-c2ccc(F)cn2)cc1CO)C(=O)C(Cn1nc(-c2ccc(F)cn2)cc1CO)C(C)C. The zero-order valence-electron chi connectivity index (χ0n) is 23.0. The molecule has 212 valence electrons. The van der Waals surface area contributed by atoms with Gasteiger partial charge in [-0.15, -0.1) is 0 Å². The molecular weight excluding hydrogens is 518 g/mol. The van der Waals surface area contributed by atoms with Gasteiger partial charge in [-0.1, -0.05) is 27.7 Å². The Morgan fingerprint density at radius 3 is 1.43 bits per heavy atom. The van der Waals surface area contributed by atoms with Gasteiger partial charge in [0.1, 0.15) is 28.8 Å². The van der Waals surface area contributed by atoms with E-state index in [1.54, 1.807) is 21.5 Å². The summed E-state index contributed by atoms with van der Waals surface area (Å²) >= 11 is 0. The fraction of sp³-hybridized carbons (Fsp3) is 0.414. The minimum absolute atomic E-state index is 0.0201. The van der Waals surface area contributed by atoms with E-state index in [-0.39, 0.29) is 43.9 Å². The van der Waals surface area contributed by atoms with Crippen LogP contribution in [-0.4, -0.2) is 45.5 Å². The molecule has 0 aliphatic rings. The molecule has 0 saturated carbocycles. The Bertz CT molecular complexity index is 1320. The summed E-state index contributed by atoms with van der Waals surface area (Å²) in [7, 11) is 0. The van der Waals surface area contributed by atoms with Crippen molar-refractivity contribution in [2.45, 2.75) is 54.0 Å². The van der Waals surface area contributed by atoms with Crippen molar-refractivity contribution in [2.75, 3.05) is 0 Å². The maximum absolute atomic E-state index is 14.0. The second kappa shape index (κ2) is 12.6. The number of ketones is 1. The molecule has 0 aliphatic carbocycles. The number of pyridine rings is 2. The van der Waals surface area contributed by atoms with Gasteiger partial charge in [-0.2, -0.15) is 10.2 Å². The summed E-state index contributed by atoms with van der Waals surface area (Å²) in [6.07, 6.45) is 2.21. The van der Waals surface area contributed by atoms with Crippen LogP contribution in [0, 0.1) is 35.3 Å². The van der Waals surface area contributed by atoms with Crippen molar-refractivity contribution >= 4 is 5.78 Å². The molecule has 11 heteroatoms. The lowest BCUT2D eigenvalue weighted by molar-refractivity contribution is -0.130. The summed E-state index contributed by atoms with van der Waals surface area (Å²) in [6.45, 7) is 7.79. The second-order valence-electron chi connectivity index (χ2n) is 10.5. The highest BCUT2D eigenvalue weighted by atomic mass is 19.1. The van der Waals surface area contributed by atoms with Crippen LogP contribution in [0.5, 0.6) is 0 Å². The minimum atomic E-state index is -0.460. The van der Waals surface area contributed by atoms with Crippen molar-refractivity contribution in [1.82, 2.24) is 29.5 Å². The number of hydrogen-bond acceptors (Lipinski definition) is 7. The maximum Gasteiger partial charge on any atom is 0.143 e. The molecule has 0 aromatic carbocycles. The molecule has 4 rings (SSSR count). The van der Waals surface area contributed by atoms with Crippen molar-refractivity contribution in [3.8, 4) is 22.8 Å². The lowest BCUT2D eigenvalue weighted by Crippen LogP contribution is -2.36. The number of hydrogen-bond donors (Lipinski definition) is 2. The third kappa shape index (κ3) is 6.48. The molecule has 2 N–H and O–H groups in total. The van der Waals surface area contributed by atoms with Gasteiger partial charge in [0.2, 0.25) is 0 Å². The first-order chi connectivity index (χ1) is 19.1. The standard InChI is InChI=1S/C29H34F2N6O3/c1-17(2)23(13-36-21(15-38)9-27(34-36)25-7-5-19(30)11-32-25)29(40)24(18(3)4)14-37-22(16-39)10-28(35-37)26-8-6-20(31)12-33-26/h5-12,17-18,23-24,38-39H,13-16H2,1-4H3. The molecule has 2 unspecified atom stereocenters. The van der Waals surface area contributed by atoms with Crippen LogP contribution in [0.2, 0.25) is 0 Å². The molecule has 0 fully saturated rings. The predicted molar refractivity (Wildman–Crippen MR) is 144 cm³/mol. The molecule has 0 amide bonds. The van der Waals surface area contributed by atoms with E-state index in [0.29, 0.717) is 34.2 Å². The summed E-state index contributed by atoms with van der Waals surface area (Å²) in [5, 5.41) is 29.1. The van der Waals surface area contributed by atoms with Gasteiger partial charge in [-0.25, -0.2) is 8.78 Å². The van der Waals surface area contributed by atoms with Gasteiger partial charge in [0.05, 0.1) is 61.5 Å². The van der Waals surface area contributed by atoms with E-state index in [1.165, 1.54) is 24.3 Å². The van der Waals surface area contributed by atoms with Gasteiger partial charge in [0, 0.05) is 11.8 Å². The van der Waals surface area contributed by atoms with Crippen LogP contribution in [0.1, 0.15) is 39.1 Å². The van der Waals surface area contributed by atoms with Crippen molar-refractivity contribution in [1.29, 1.82) is 0 Å². The lowest BCUT2D eigenvalue weighted by atomic mass is 9.80. The van der Waals surface area contributed by atoms with E-state index in [2.05, 4.69) is 20.2 Å². The fourth-order valence-corrected chi connectivity index (χ4v) is 4.69. The van der Waals surface area contributed by atoms with E-state index in [1.807, 2.05) is 27.7 Å². The van der Waals surface area contributed by atoms with Crippen LogP contribution in [0.15, 0.2) is 48.8 Å². The Balaban J connectivity index is 1.60. The Morgan fingerprint density at radius 1 is 0.725 bits per heavy atom. The number of aliphatic hydroxyl groups excluding tert-OH is 2. The highest BCUT2D eigenvalue weighted by Gasteiger charge is 2.33. The quantitative estimate of drug-likeness (QED) is 0.269. The van der Waals surface area contributed by atoms with Gasteiger partial charge in [0.15, 0.2) is 0 Å². The van der Waals surface area contributed by atoms with Crippen LogP contribution in [0.3, 0.4) is 0 Å². The first kappa shape index (κ1) is 29.2. The van der Waals surface area contributed by atoms with Crippen molar-refractivity contribution in [2.24, 2.45) is 23.7 Å². The van der Waals surface area contributed by atoms with Crippen LogP contribution < -0.4 is 0 Å². The van der Waals surface area contributed by atoms with Crippen LogP contribution >= 0.6 is 0 Å². The number of Topliss-reactive ketones (excluding diaryl/α,β-unsaturated/α-hetero) is 1. The first-order valence-electron chi connectivity index (χ1n) is 13.2. The summed E-state index contributed by atoms with van der Waals surface area (Å²) in [5.41, 5.74) is 2.92. The van der Waals surface area contributed by atoms with Crippen molar-refractivity contribution in [3.05, 3.63) is 71.8 Å². The molecule has 40 heavy (non-hydrogen) atoms. The summed E-state index contributed by atoms with van der Waals surface area (Å²) in [5.74, 6) is -1.84. The highest BCUT2D eigenvalue weighted by Crippen LogP contribution is 2.28. The van der Waals surface area contributed by atoms with Crippen LogP contribution in [-0.2, 0) is 31.1 Å². The number of carbonyl (C=O) groups is 1. The van der Waals surface area contributed by atoms with E-state index < -0.39 is 23.5 Å². The number of halogens is 2. The predicted octanol–water partition coefficient (Wildman–Crippen LogP) is 4.28. The Morgan fingerprint density at radius 2 is 1.12 bits per heavy atom. The lowest BCUT2D eigenvalue weighted by Gasteiger charge is -2.28. The topological polar surface area (TPSA) is 119 Å². The van der Waals surface area contributed by atoms with E-state index in [0.717, 1.165) is 12.4 Å². The molecule has 4 heterocycles. The maximum atomic E-state index is 14.0. The van der Waals surface area contributed by atoms with Gasteiger partial charge in [-0.05, 0) is 48.2 Å². The summed E-state index contributed by atoms with van der Waals surface area (Å²) in [4.78, 5) is 22.2. The average Bonchev–Trinajstić information content (AvgIpc) is 3.54. The number of aromatic nitrogens is 6. The third-order valence-electron chi connectivity index (χ3n) is 7.11. The highest BCUT2D eigenvalue weighted by molar-refractivity contribution is 5.83. The van der Waals surface area contributed by atoms with Gasteiger partial charge in [-0.3, -0.25) is 24.1 Å². The normalized spacial score (nSPS) is 13.2. The zero-order valence-corrected chi connectivity index (χ0v) is 23.0. The molecule has 0 radical (unpaired) electrons. The second-order valence-corrected chi connectivity index (χ2v) is 10.5. The molecule has 9 nitrogen and oxygen atoms in total. The Kier molecular flexibility index (Phi) is 9.16. The smallest absolute Gasteiger partial charge is 0.143 e. The van der Waals surface area contributed by atoms with Crippen LogP contribution in [0.4, 0.5) is 8.78 Å². The number of nitrogens with zero attached hydrogens (tertiary/aromatic N) is 6. The Hall–Kier alpha value is -3.83. The number of rotatable bonds is 12. The summed E-state index contributed by atoms with van der Waals surface area (Å²) < 4.78 is 29.9. The molecular formula is C29H34F2N6O3. The van der Waals surface area contributed by atoms with E-state index in [9.17, 15) is 23.8 Å². The Labute approximate surface area is 231 Å². The largest absolute Gasteiger partial charge is 0.390 e. The average molecular weight is 553 g/mol. The van der Waals surface area contributed by atoms with E-state index >= 15 is 0 Å². The third-order valence-corrected chi connectivity index (χ3v) is 7.11. The number of carbonyl (C=O) groups excluding carboxylic acids is 1. The van der Waals surface area contributed by atoms with Gasteiger partial charge < -0.3 is 10.2 Å². The molecule has 0 bridgehead atoms. The molecule has 0 aliphatic heterocycles. The van der Waals surface area contributed by atoms with Crippen LogP contribution in [0.25, 0.3) is 22.8 Å². The minimum Gasteiger partial charge on any atom is -0.390 e. The number of aliphatic hydroxyl groups is 2. The molecule has 2 atom stereocenters. The summed E-state index contributed by atoms with van der Waals surface area (Å²) in [6, 6.07) is 8.99. The first-order valence-corrected chi connectivity index (χ1v) is 13.2. The van der Waals surface area contributed by atoms with Gasteiger partial charge >= 0.3 is 0 Å². The van der Waals surface area contributed by atoms with Crippen molar-refractivity contribution < 1.29 is 23.8 Å². The fourth-order valence-electron chi connectivity index (χ4n) is 4.69. The molecule has 0 spiro atoms. The molecule has 0 saturated heterocycles. The zero-order chi connectivity index (χ0) is 29.0. The monoisotopic (exact) mass is 552 g/mol.